The van der Waals surface area contributed by atoms with Gasteiger partial charge in [-0.25, -0.2) is 0 Å². The van der Waals surface area contributed by atoms with Gasteiger partial charge >= 0.3 is 0 Å². The summed E-state index contributed by atoms with van der Waals surface area (Å²) in [5.74, 6) is 0. The molecule has 0 bridgehead atoms. The van der Waals surface area contributed by atoms with Crippen molar-refractivity contribution >= 4 is 0 Å². The van der Waals surface area contributed by atoms with Crippen molar-refractivity contribution in [1.29, 1.82) is 0 Å². The quantitative estimate of drug-likeness (QED) is 0.195. The van der Waals surface area contributed by atoms with Crippen LogP contribution in [0.3, 0.4) is 0 Å². The highest BCUT2D eigenvalue weighted by atomic mass is 16.5. The summed E-state index contributed by atoms with van der Waals surface area (Å²) in [5, 5.41) is 0. The van der Waals surface area contributed by atoms with Crippen molar-refractivity contribution in [3.63, 3.8) is 0 Å². The number of hydrogen-bond acceptors (Lipinski definition) is 4. The number of ether oxygens (including phenoxy) is 4. The molecule has 0 saturated heterocycles. The monoisotopic (exact) mass is 554 g/mol. The maximum atomic E-state index is 6.34. The van der Waals surface area contributed by atoms with E-state index in [1.54, 1.807) is 7.11 Å². The lowest BCUT2D eigenvalue weighted by Gasteiger charge is -2.31. The fourth-order valence-corrected chi connectivity index (χ4v) is 4.83. The van der Waals surface area contributed by atoms with Crippen molar-refractivity contribution in [2.75, 3.05) is 33.5 Å². The molecule has 2 aromatic carbocycles. The van der Waals surface area contributed by atoms with Crippen LogP contribution in [0, 0.1) is 10.8 Å². The minimum Gasteiger partial charge on any atom is -0.384 e. The number of methoxy groups -OCH3 is 1. The Labute approximate surface area is 246 Å². The highest BCUT2D eigenvalue weighted by molar-refractivity contribution is 5.40. The van der Waals surface area contributed by atoms with Crippen LogP contribution in [-0.4, -0.2) is 39.6 Å². The van der Waals surface area contributed by atoms with E-state index >= 15 is 0 Å². The first-order chi connectivity index (χ1) is 18.5. The highest BCUT2D eigenvalue weighted by Gasteiger charge is 2.27. The molecule has 0 fully saturated rings. The summed E-state index contributed by atoms with van der Waals surface area (Å²) in [5.41, 5.74) is 4.73. The molecule has 2 rings (SSSR count). The van der Waals surface area contributed by atoms with Crippen molar-refractivity contribution in [2.24, 2.45) is 10.8 Å². The zero-order chi connectivity index (χ0) is 30.2. The average Bonchev–Trinajstić information content (AvgIpc) is 2.87. The van der Waals surface area contributed by atoms with E-state index in [1.807, 2.05) is 0 Å². The molecule has 0 amide bonds. The van der Waals surface area contributed by atoms with Gasteiger partial charge in [-0.1, -0.05) is 90.1 Å². The first-order valence-electron chi connectivity index (χ1n) is 15.1. The molecular formula is C36H58O4. The van der Waals surface area contributed by atoms with E-state index in [2.05, 4.69) is 125 Å². The fraction of sp³-hybridized carbons (Fsp3) is 0.667. The Hall–Kier alpha value is -1.72. The SMILES string of the molecule is COCC(C)(C)CCOC(C)(C)c1ccc(C(C)(C)c2ccc(C(C)OCCC(C)(C)COC(C)C)cc2)cc1. The van der Waals surface area contributed by atoms with Crippen LogP contribution in [0.5, 0.6) is 0 Å². The predicted molar refractivity (Wildman–Crippen MR) is 168 cm³/mol. The summed E-state index contributed by atoms with van der Waals surface area (Å²) in [6.07, 6.45) is 2.24. The molecule has 4 heteroatoms. The van der Waals surface area contributed by atoms with Crippen molar-refractivity contribution in [3.8, 4) is 0 Å². The van der Waals surface area contributed by atoms with Gasteiger partial charge in [0.1, 0.15) is 0 Å². The average molecular weight is 555 g/mol. The van der Waals surface area contributed by atoms with Gasteiger partial charge in [0.2, 0.25) is 0 Å². The van der Waals surface area contributed by atoms with Crippen LogP contribution in [0.2, 0.25) is 0 Å². The normalized spacial score (nSPS) is 14.1. The van der Waals surface area contributed by atoms with Gasteiger partial charge in [0.05, 0.1) is 31.0 Å². The van der Waals surface area contributed by atoms with Gasteiger partial charge in [0, 0.05) is 25.7 Å². The molecular weight excluding hydrogens is 496 g/mol. The highest BCUT2D eigenvalue weighted by Crippen LogP contribution is 2.35. The van der Waals surface area contributed by atoms with Gasteiger partial charge in [-0.3, -0.25) is 0 Å². The van der Waals surface area contributed by atoms with Crippen LogP contribution in [-0.2, 0) is 30.0 Å². The van der Waals surface area contributed by atoms with Gasteiger partial charge in [-0.05, 0) is 80.5 Å². The largest absolute Gasteiger partial charge is 0.384 e. The molecule has 4 nitrogen and oxygen atoms in total. The molecule has 0 aliphatic carbocycles. The molecule has 40 heavy (non-hydrogen) atoms. The van der Waals surface area contributed by atoms with Crippen LogP contribution in [0.25, 0.3) is 0 Å². The van der Waals surface area contributed by atoms with Gasteiger partial charge in [0.15, 0.2) is 0 Å². The molecule has 0 aromatic heterocycles. The molecule has 0 aliphatic rings. The maximum absolute atomic E-state index is 6.34. The Bertz CT molecular complexity index is 1000. The lowest BCUT2D eigenvalue weighted by atomic mass is 9.77. The first-order valence-corrected chi connectivity index (χ1v) is 15.1. The second-order valence-electron chi connectivity index (χ2n) is 14.3. The topological polar surface area (TPSA) is 36.9 Å². The lowest BCUT2D eigenvalue weighted by Crippen LogP contribution is -2.27. The van der Waals surface area contributed by atoms with E-state index in [0.29, 0.717) is 6.61 Å². The molecule has 226 valence electrons. The van der Waals surface area contributed by atoms with E-state index in [4.69, 9.17) is 18.9 Å². The number of rotatable bonds is 17. The molecule has 0 N–H and O–H groups in total. The fourth-order valence-electron chi connectivity index (χ4n) is 4.83. The number of benzene rings is 2. The Morgan fingerprint density at radius 3 is 1.60 bits per heavy atom. The molecule has 0 saturated carbocycles. The summed E-state index contributed by atoms with van der Waals surface area (Å²) >= 11 is 0. The minimum atomic E-state index is -0.347. The van der Waals surface area contributed by atoms with E-state index < -0.39 is 0 Å². The molecule has 2 aromatic rings. The van der Waals surface area contributed by atoms with E-state index in [9.17, 15) is 0 Å². The summed E-state index contributed by atoms with van der Waals surface area (Å²) in [7, 11) is 1.76. The van der Waals surface area contributed by atoms with Crippen LogP contribution in [0.15, 0.2) is 48.5 Å². The van der Waals surface area contributed by atoms with Crippen LogP contribution in [0.4, 0.5) is 0 Å². The molecule has 0 radical (unpaired) electrons. The Kier molecular flexibility index (Phi) is 12.5. The van der Waals surface area contributed by atoms with Crippen LogP contribution >= 0.6 is 0 Å². The van der Waals surface area contributed by atoms with E-state index in [-0.39, 0.29) is 34.1 Å². The summed E-state index contributed by atoms with van der Waals surface area (Å²) in [6, 6.07) is 17.9. The molecule has 0 heterocycles. The Morgan fingerprint density at radius 1 is 0.600 bits per heavy atom. The zero-order valence-electron chi connectivity index (χ0n) is 27.6. The standard InChI is InChI=1S/C36H58O4/c1-27(2)39-26-34(6,7)21-23-38-28(3)29-13-15-30(16-14-29)35(8,9)31-17-19-32(20-18-31)36(10,11)40-24-22-33(4,5)25-37-12/h13-20,27-28H,21-26H2,1-12H3. The molecule has 0 spiro atoms. The van der Waals surface area contributed by atoms with Crippen LogP contribution in [0.1, 0.15) is 117 Å². The maximum Gasteiger partial charge on any atom is 0.0875 e. The third-order valence-electron chi connectivity index (χ3n) is 8.13. The third-order valence-corrected chi connectivity index (χ3v) is 8.13. The number of hydrogen-bond donors (Lipinski definition) is 0. The van der Waals surface area contributed by atoms with Gasteiger partial charge in [-0.15, -0.1) is 0 Å². The second kappa shape index (κ2) is 14.4. The predicted octanol–water partition coefficient (Wildman–Crippen LogP) is 9.25. The lowest BCUT2D eigenvalue weighted by molar-refractivity contribution is -0.0398. The van der Waals surface area contributed by atoms with E-state index in [0.717, 1.165) is 32.7 Å². The second-order valence-corrected chi connectivity index (χ2v) is 14.3. The molecule has 1 atom stereocenters. The van der Waals surface area contributed by atoms with E-state index in [1.165, 1.54) is 22.3 Å². The summed E-state index contributed by atoms with van der Waals surface area (Å²) in [4.78, 5) is 0. The van der Waals surface area contributed by atoms with Gasteiger partial charge in [-0.2, -0.15) is 0 Å². The smallest absolute Gasteiger partial charge is 0.0875 e. The third kappa shape index (κ3) is 10.6. The van der Waals surface area contributed by atoms with Crippen LogP contribution < -0.4 is 0 Å². The Balaban J connectivity index is 1.98. The van der Waals surface area contributed by atoms with Gasteiger partial charge in [0.25, 0.3) is 0 Å². The zero-order valence-corrected chi connectivity index (χ0v) is 27.6. The summed E-state index contributed by atoms with van der Waals surface area (Å²) in [6.45, 7) is 27.0. The molecule has 0 aliphatic heterocycles. The Morgan fingerprint density at radius 2 is 1.07 bits per heavy atom. The summed E-state index contributed by atoms with van der Waals surface area (Å²) < 4.78 is 23.7. The first kappa shape index (κ1) is 34.5. The van der Waals surface area contributed by atoms with Crippen molar-refractivity contribution in [1.82, 2.24) is 0 Å². The van der Waals surface area contributed by atoms with Crippen molar-refractivity contribution < 1.29 is 18.9 Å². The van der Waals surface area contributed by atoms with Crippen molar-refractivity contribution in [3.05, 3.63) is 70.8 Å². The molecule has 1 unspecified atom stereocenters. The minimum absolute atomic E-state index is 0.0561. The van der Waals surface area contributed by atoms with Gasteiger partial charge < -0.3 is 18.9 Å². The van der Waals surface area contributed by atoms with Crippen molar-refractivity contribution in [2.45, 2.75) is 112 Å².